The van der Waals surface area contributed by atoms with E-state index in [1.807, 2.05) is 0 Å². The highest BCUT2D eigenvalue weighted by Gasteiger charge is 2.14. The molecule has 1 aromatic carbocycles. The lowest BCUT2D eigenvalue weighted by Crippen LogP contribution is -2.32. The maximum atomic E-state index is 11.9. The van der Waals surface area contributed by atoms with Crippen LogP contribution < -0.4 is 5.73 Å². The largest absolute Gasteiger partial charge is 0.385 e. The molecule has 1 aromatic rings. The van der Waals surface area contributed by atoms with Crippen LogP contribution in [0.1, 0.15) is 18.4 Å². The smallest absolute Gasteiger partial charge is 0.153 e. The average molecular weight is 290 g/mol. The lowest BCUT2D eigenvalue weighted by molar-refractivity contribution is -0.119. The predicted molar refractivity (Wildman–Crippen MR) is 74.3 cm³/mol. The Bertz CT molecular complexity index is 410. The van der Waals surface area contributed by atoms with E-state index in [-0.39, 0.29) is 12.2 Å². The molecule has 1 rings (SSSR count). The number of ether oxygens (including phenoxy) is 1. The molecule has 0 radical (unpaired) electrons. The van der Waals surface area contributed by atoms with Crippen molar-refractivity contribution >= 4 is 29.0 Å². The number of carbonyl (C=O) groups excluding carboxylic acids is 1. The van der Waals surface area contributed by atoms with E-state index in [0.717, 1.165) is 12.0 Å². The summed E-state index contributed by atoms with van der Waals surface area (Å²) in [7, 11) is 1.63. The molecule has 1 unspecified atom stereocenters. The molecule has 5 heteroatoms. The van der Waals surface area contributed by atoms with Crippen LogP contribution in [0.25, 0.3) is 0 Å². The molecule has 0 aliphatic rings. The van der Waals surface area contributed by atoms with E-state index in [1.165, 1.54) is 0 Å². The summed E-state index contributed by atoms with van der Waals surface area (Å²) in [5.41, 5.74) is 6.64. The van der Waals surface area contributed by atoms with Gasteiger partial charge in [-0.1, -0.05) is 29.3 Å². The molecule has 3 nitrogen and oxygen atoms in total. The van der Waals surface area contributed by atoms with Gasteiger partial charge in [0.2, 0.25) is 0 Å². The first-order chi connectivity index (χ1) is 8.54. The van der Waals surface area contributed by atoms with Crippen molar-refractivity contribution in [3.8, 4) is 0 Å². The van der Waals surface area contributed by atoms with Crippen molar-refractivity contribution in [2.75, 3.05) is 13.7 Å². The van der Waals surface area contributed by atoms with Gasteiger partial charge in [-0.05, 0) is 30.5 Å². The minimum Gasteiger partial charge on any atom is -0.385 e. The van der Waals surface area contributed by atoms with Gasteiger partial charge >= 0.3 is 0 Å². The molecule has 0 spiro atoms. The molecule has 0 saturated heterocycles. The Labute approximate surface area is 117 Å². The summed E-state index contributed by atoms with van der Waals surface area (Å²) < 4.78 is 4.92. The van der Waals surface area contributed by atoms with Crippen molar-refractivity contribution in [2.24, 2.45) is 5.73 Å². The van der Waals surface area contributed by atoms with Crippen molar-refractivity contribution < 1.29 is 9.53 Å². The van der Waals surface area contributed by atoms with Crippen molar-refractivity contribution in [1.82, 2.24) is 0 Å². The zero-order chi connectivity index (χ0) is 13.5. The van der Waals surface area contributed by atoms with E-state index in [9.17, 15) is 4.79 Å². The molecular weight excluding hydrogens is 273 g/mol. The van der Waals surface area contributed by atoms with Gasteiger partial charge < -0.3 is 10.5 Å². The van der Waals surface area contributed by atoms with Crippen LogP contribution in [0.3, 0.4) is 0 Å². The highest BCUT2D eigenvalue weighted by Crippen LogP contribution is 2.23. The number of hydrogen-bond acceptors (Lipinski definition) is 3. The Morgan fingerprint density at radius 2 is 2.11 bits per heavy atom. The van der Waals surface area contributed by atoms with E-state index < -0.39 is 6.04 Å². The van der Waals surface area contributed by atoms with Crippen LogP contribution in [0.4, 0.5) is 0 Å². The molecule has 0 heterocycles. The first-order valence-electron chi connectivity index (χ1n) is 5.75. The van der Waals surface area contributed by atoms with E-state index in [4.69, 9.17) is 33.7 Å². The average Bonchev–Trinajstić information content (AvgIpc) is 2.34. The second-order valence-electron chi connectivity index (χ2n) is 4.13. The summed E-state index contributed by atoms with van der Waals surface area (Å²) in [4.78, 5) is 11.9. The number of carbonyl (C=O) groups is 1. The van der Waals surface area contributed by atoms with E-state index in [1.54, 1.807) is 25.3 Å². The summed E-state index contributed by atoms with van der Waals surface area (Å²) in [6.07, 6.45) is 1.70. The number of rotatable bonds is 7. The summed E-state index contributed by atoms with van der Waals surface area (Å²) in [6.45, 7) is 0.619. The molecule has 1 atom stereocenters. The maximum Gasteiger partial charge on any atom is 0.153 e. The lowest BCUT2D eigenvalue weighted by Gasteiger charge is -2.10. The van der Waals surface area contributed by atoms with Crippen LogP contribution in [0, 0.1) is 0 Å². The molecule has 0 aliphatic carbocycles. The van der Waals surface area contributed by atoms with Crippen LogP contribution in [0.2, 0.25) is 10.0 Å². The fraction of sp³-hybridized carbons (Fsp3) is 0.462. The number of nitrogens with two attached hydrogens (primary N) is 1. The first kappa shape index (κ1) is 15.4. The highest BCUT2D eigenvalue weighted by atomic mass is 35.5. The highest BCUT2D eigenvalue weighted by molar-refractivity contribution is 6.42. The van der Waals surface area contributed by atoms with Gasteiger partial charge in [0.1, 0.15) is 0 Å². The molecule has 0 fully saturated rings. The van der Waals surface area contributed by atoms with Crippen LogP contribution in [0.5, 0.6) is 0 Å². The third kappa shape index (κ3) is 4.94. The van der Waals surface area contributed by atoms with Crippen LogP contribution in [-0.2, 0) is 16.0 Å². The standard InChI is InChI=1S/C13H17Cl2NO2/c1-18-6-2-3-12(16)13(17)8-9-4-5-10(14)11(15)7-9/h4-5,7,12H,2-3,6,8,16H2,1H3. The lowest BCUT2D eigenvalue weighted by atomic mass is 10.0. The van der Waals surface area contributed by atoms with Gasteiger partial charge in [-0.2, -0.15) is 0 Å². The van der Waals surface area contributed by atoms with Gasteiger partial charge in [-0.15, -0.1) is 0 Å². The molecule has 100 valence electrons. The monoisotopic (exact) mass is 289 g/mol. The Kier molecular flexibility index (Phi) is 6.65. The molecular formula is C13H17Cl2NO2. The van der Waals surface area contributed by atoms with E-state index >= 15 is 0 Å². The topological polar surface area (TPSA) is 52.3 Å². The van der Waals surface area contributed by atoms with Gasteiger partial charge in [-0.25, -0.2) is 0 Å². The van der Waals surface area contributed by atoms with Crippen molar-refractivity contribution in [1.29, 1.82) is 0 Å². The van der Waals surface area contributed by atoms with E-state index in [2.05, 4.69) is 0 Å². The molecule has 18 heavy (non-hydrogen) atoms. The Morgan fingerprint density at radius 1 is 1.39 bits per heavy atom. The van der Waals surface area contributed by atoms with Crippen molar-refractivity contribution in [3.05, 3.63) is 33.8 Å². The Balaban J connectivity index is 2.50. The zero-order valence-corrected chi connectivity index (χ0v) is 11.8. The van der Waals surface area contributed by atoms with Crippen LogP contribution in [0.15, 0.2) is 18.2 Å². The molecule has 0 saturated carbocycles. The summed E-state index contributed by atoms with van der Waals surface area (Å²) in [5, 5.41) is 0.937. The van der Waals surface area contributed by atoms with Crippen molar-refractivity contribution in [3.63, 3.8) is 0 Å². The minimum absolute atomic E-state index is 0.00416. The number of halogens is 2. The molecule has 2 N–H and O–H groups in total. The summed E-state index contributed by atoms with van der Waals surface area (Å²) >= 11 is 11.7. The van der Waals surface area contributed by atoms with Gasteiger partial charge in [0.25, 0.3) is 0 Å². The Hall–Kier alpha value is -0.610. The second-order valence-corrected chi connectivity index (χ2v) is 4.95. The summed E-state index contributed by atoms with van der Waals surface area (Å²) in [5.74, 6) is 0.00416. The fourth-order valence-electron chi connectivity index (χ4n) is 1.59. The molecule has 0 bridgehead atoms. The maximum absolute atomic E-state index is 11.9. The molecule has 0 aromatic heterocycles. The fourth-order valence-corrected chi connectivity index (χ4v) is 1.91. The number of ketones is 1. The number of Topliss-reactive ketones (excluding diaryl/α,β-unsaturated/α-hetero) is 1. The SMILES string of the molecule is COCCCC(N)C(=O)Cc1ccc(Cl)c(Cl)c1. The normalized spacial score (nSPS) is 12.4. The second kappa shape index (κ2) is 7.74. The Morgan fingerprint density at radius 3 is 2.72 bits per heavy atom. The van der Waals surface area contributed by atoms with Gasteiger partial charge in [0, 0.05) is 20.1 Å². The van der Waals surface area contributed by atoms with Gasteiger partial charge in [0.05, 0.1) is 16.1 Å². The minimum atomic E-state index is -0.449. The third-order valence-corrected chi connectivity index (χ3v) is 3.38. The summed E-state index contributed by atoms with van der Waals surface area (Å²) in [6, 6.07) is 4.72. The molecule has 0 aliphatic heterocycles. The van der Waals surface area contributed by atoms with Crippen molar-refractivity contribution in [2.45, 2.75) is 25.3 Å². The van der Waals surface area contributed by atoms with Crippen LogP contribution in [-0.4, -0.2) is 25.5 Å². The molecule has 0 amide bonds. The predicted octanol–water partition coefficient (Wildman–Crippen LogP) is 2.86. The number of benzene rings is 1. The zero-order valence-electron chi connectivity index (χ0n) is 10.3. The number of hydrogen-bond donors (Lipinski definition) is 1. The van der Waals surface area contributed by atoms with Crippen LogP contribution >= 0.6 is 23.2 Å². The number of methoxy groups -OCH3 is 1. The van der Waals surface area contributed by atoms with Gasteiger partial charge in [-0.3, -0.25) is 4.79 Å². The van der Waals surface area contributed by atoms with E-state index in [0.29, 0.717) is 23.1 Å². The third-order valence-electron chi connectivity index (χ3n) is 2.64. The quantitative estimate of drug-likeness (QED) is 0.786. The first-order valence-corrected chi connectivity index (χ1v) is 6.51. The van der Waals surface area contributed by atoms with Gasteiger partial charge in [0.15, 0.2) is 5.78 Å².